The second-order valence-electron chi connectivity index (χ2n) is 5.52. The molecular formula is C16H22N4O. The first-order valence-electron chi connectivity index (χ1n) is 7.41. The van der Waals surface area contributed by atoms with E-state index in [9.17, 15) is 0 Å². The predicted molar refractivity (Wildman–Crippen MR) is 83.0 cm³/mol. The Morgan fingerprint density at radius 1 is 1.38 bits per heavy atom. The quantitative estimate of drug-likeness (QED) is 0.874. The Bertz CT molecular complexity index is 554. The van der Waals surface area contributed by atoms with E-state index in [0.717, 1.165) is 38.5 Å². The number of aromatic nitrogens is 2. The van der Waals surface area contributed by atoms with E-state index < -0.39 is 0 Å². The van der Waals surface area contributed by atoms with Crippen LogP contribution in [0.25, 0.3) is 11.3 Å². The number of aromatic amines is 1. The van der Waals surface area contributed by atoms with Crippen molar-refractivity contribution in [3.63, 3.8) is 0 Å². The van der Waals surface area contributed by atoms with Gasteiger partial charge in [0, 0.05) is 31.7 Å². The third-order valence-corrected chi connectivity index (χ3v) is 3.81. The van der Waals surface area contributed by atoms with Crippen molar-refractivity contribution in [2.75, 3.05) is 33.3 Å². The minimum Gasteiger partial charge on any atom is -0.374 e. The molecule has 0 spiro atoms. The topological polar surface area (TPSA) is 53.2 Å². The molecule has 5 heteroatoms. The fraction of sp³-hybridized carbons (Fsp3) is 0.438. The maximum Gasteiger partial charge on any atom is 0.0826 e. The Morgan fingerprint density at radius 2 is 2.24 bits per heavy atom. The Morgan fingerprint density at radius 3 is 3.05 bits per heavy atom. The van der Waals surface area contributed by atoms with E-state index in [-0.39, 0.29) is 6.10 Å². The summed E-state index contributed by atoms with van der Waals surface area (Å²) >= 11 is 0. The SMILES string of the molecule is CN1CCO[C@@H](CNCc2cn[nH]c2-c2ccccc2)C1. The van der Waals surface area contributed by atoms with Crippen LogP contribution < -0.4 is 5.32 Å². The van der Waals surface area contributed by atoms with Gasteiger partial charge in [-0.05, 0) is 12.6 Å². The zero-order valence-electron chi connectivity index (χ0n) is 12.4. The molecule has 5 nitrogen and oxygen atoms in total. The molecule has 1 saturated heterocycles. The van der Waals surface area contributed by atoms with Gasteiger partial charge in [0.15, 0.2) is 0 Å². The lowest BCUT2D eigenvalue weighted by Gasteiger charge is -2.30. The van der Waals surface area contributed by atoms with Crippen LogP contribution in [0, 0.1) is 0 Å². The van der Waals surface area contributed by atoms with Gasteiger partial charge in [-0.2, -0.15) is 5.10 Å². The van der Waals surface area contributed by atoms with Crippen LogP contribution in [0.2, 0.25) is 0 Å². The Labute approximate surface area is 125 Å². The van der Waals surface area contributed by atoms with Gasteiger partial charge in [0.05, 0.1) is 24.6 Å². The molecule has 0 aliphatic carbocycles. The maximum absolute atomic E-state index is 5.76. The summed E-state index contributed by atoms with van der Waals surface area (Å²) in [4.78, 5) is 2.31. The van der Waals surface area contributed by atoms with Crippen molar-refractivity contribution < 1.29 is 4.74 Å². The number of morpholine rings is 1. The number of hydrogen-bond acceptors (Lipinski definition) is 4. The molecule has 0 radical (unpaired) electrons. The van der Waals surface area contributed by atoms with E-state index in [1.807, 2.05) is 24.4 Å². The van der Waals surface area contributed by atoms with Gasteiger partial charge in [0.1, 0.15) is 0 Å². The first kappa shape index (κ1) is 14.3. The highest BCUT2D eigenvalue weighted by molar-refractivity contribution is 5.62. The zero-order valence-corrected chi connectivity index (χ0v) is 12.4. The van der Waals surface area contributed by atoms with Gasteiger partial charge in [-0.1, -0.05) is 30.3 Å². The third-order valence-electron chi connectivity index (χ3n) is 3.81. The van der Waals surface area contributed by atoms with E-state index in [0.29, 0.717) is 0 Å². The van der Waals surface area contributed by atoms with Crippen LogP contribution in [0.3, 0.4) is 0 Å². The molecular weight excluding hydrogens is 264 g/mol. The smallest absolute Gasteiger partial charge is 0.0826 e. The van der Waals surface area contributed by atoms with E-state index in [1.165, 1.54) is 11.1 Å². The molecule has 0 saturated carbocycles. The summed E-state index contributed by atoms with van der Waals surface area (Å²) in [5, 5.41) is 10.7. The number of likely N-dealkylation sites (N-methyl/N-ethyl adjacent to an activating group) is 1. The van der Waals surface area contributed by atoms with Crippen LogP contribution in [-0.2, 0) is 11.3 Å². The van der Waals surface area contributed by atoms with Crippen LogP contribution in [0.5, 0.6) is 0 Å². The Balaban J connectivity index is 1.55. The third kappa shape index (κ3) is 3.69. The first-order valence-corrected chi connectivity index (χ1v) is 7.41. The molecule has 2 heterocycles. The van der Waals surface area contributed by atoms with Crippen molar-refractivity contribution in [3.8, 4) is 11.3 Å². The van der Waals surface area contributed by atoms with E-state index in [2.05, 4.69) is 39.6 Å². The molecule has 1 aromatic heterocycles. The van der Waals surface area contributed by atoms with Gasteiger partial charge in [-0.25, -0.2) is 0 Å². The van der Waals surface area contributed by atoms with Gasteiger partial charge in [0.25, 0.3) is 0 Å². The number of ether oxygens (including phenoxy) is 1. The molecule has 112 valence electrons. The number of benzene rings is 1. The summed E-state index contributed by atoms with van der Waals surface area (Å²) in [5.74, 6) is 0. The van der Waals surface area contributed by atoms with Gasteiger partial charge < -0.3 is 15.0 Å². The van der Waals surface area contributed by atoms with Crippen molar-refractivity contribution >= 4 is 0 Å². The number of H-pyrrole nitrogens is 1. The highest BCUT2D eigenvalue weighted by Crippen LogP contribution is 2.20. The van der Waals surface area contributed by atoms with Crippen molar-refractivity contribution in [1.29, 1.82) is 0 Å². The van der Waals surface area contributed by atoms with Gasteiger partial charge in [0.2, 0.25) is 0 Å². The normalized spacial score (nSPS) is 19.8. The number of nitrogens with zero attached hydrogens (tertiary/aromatic N) is 2. The highest BCUT2D eigenvalue weighted by atomic mass is 16.5. The van der Waals surface area contributed by atoms with Crippen molar-refractivity contribution in [1.82, 2.24) is 20.4 Å². The molecule has 1 fully saturated rings. The molecule has 0 bridgehead atoms. The average molecular weight is 286 g/mol. The lowest BCUT2D eigenvalue weighted by molar-refractivity contribution is -0.0182. The summed E-state index contributed by atoms with van der Waals surface area (Å²) in [5.41, 5.74) is 3.44. The molecule has 21 heavy (non-hydrogen) atoms. The lowest BCUT2D eigenvalue weighted by Crippen LogP contribution is -2.44. The first-order chi connectivity index (χ1) is 10.3. The molecule has 2 aromatic rings. The monoisotopic (exact) mass is 286 g/mol. The lowest BCUT2D eigenvalue weighted by atomic mass is 10.1. The second kappa shape index (κ2) is 6.85. The largest absolute Gasteiger partial charge is 0.374 e. The minimum absolute atomic E-state index is 0.274. The van der Waals surface area contributed by atoms with Gasteiger partial charge in [-0.15, -0.1) is 0 Å². The summed E-state index contributed by atoms with van der Waals surface area (Å²) in [6.45, 7) is 4.50. The van der Waals surface area contributed by atoms with Crippen LogP contribution in [-0.4, -0.2) is 54.5 Å². The second-order valence-corrected chi connectivity index (χ2v) is 5.52. The molecule has 1 aromatic carbocycles. The molecule has 2 N–H and O–H groups in total. The molecule has 1 atom stereocenters. The fourth-order valence-electron chi connectivity index (χ4n) is 2.66. The van der Waals surface area contributed by atoms with E-state index >= 15 is 0 Å². The minimum atomic E-state index is 0.274. The standard InChI is InChI=1S/C16H22N4O/c1-20-7-8-21-15(12-20)11-17-9-14-10-18-19-16(14)13-5-3-2-4-6-13/h2-6,10,15,17H,7-9,11-12H2,1H3,(H,18,19)/t15-/m0/s1. The number of nitrogens with one attached hydrogen (secondary N) is 2. The summed E-state index contributed by atoms with van der Waals surface area (Å²) in [6, 6.07) is 10.3. The maximum atomic E-state index is 5.76. The van der Waals surface area contributed by atoms with Crippen molar-refractivity contribution in [2.45, 2.75) is 12.6 Å². The van der Waals surface area contributed by atoms with E-state index in [1.54, 1.807) is 0 Å². The summed E-state index contributed by atoms with van der Waals surface area (Å²) < 4.78 is 5.76. The molecule has 3 rings (SSSR count). The van der Waals surface area contributed by atoms with Crippen LogP contribution in [0.15, 0.2) is 36.5 Å². The van der Waals surface area contributed by atoms with Crippen LogP contribution >= 0.6 is 0 Å². The average Bonchev–Trinajstić information content (AvgIpc) is 2.97. The molecule has 0 unspecified atom stereocenters. The number of rotatable bonds is 5. The number of hydrogen-bond donors (Lipinski definition) is 2. The fourth-order valence-corrected chi connectivity index (χ4v) is 2.66. The summed E-state index contributed by atoms with van der Waals surface area (Å²) in [6.07, 6.45) is 2.17. The zero-order chi connectivity index (χ0) is 14.5. The Hall–Kier alpha value is -1.69. The summed E-state index contributed by atoms with van der Waals surface area (Å²) in [7, 11) is 2.14. The van der Waals surface area contributed by atoms with Crippen molar-refractivity contribution in [3.05, 3.63) is 42.1 Å². The highest BCUT2D eigenvalue weighted by Gasteiger charge is 2.17. The Kier molecular flexibility index (Phi) is 4.65. The van der Waals surface area contributed by atoms with E-state index in [4.69, 9.17) is 4.74 Å². The molecule has 1 aliphatic rings. The molecule has 0 amide bonds. The van der Waals surface area contributed by atoms with Crippen molar-refractivity contribution in [2.24, 2.45) is 0 Å². The predicted octanol–water partition coefficient (Wildman–Crippen LogP) is 1.50. The van der Waals surface area contributed by atoms with Crippen LogP contribution in [0.4, 0.5) is 0 Å². The van der Waals surface area contributed by atoms with Gasteiger partial charge >= 0.3 is 0 Å². The molecule has 1 aliphatic heterocycles. The van der Waals surface area contributed by atoms with Crippen LogP contribution in [0.1, 0.15) is 5.56 Å². The van der Waals surface area contributed by atoms with Gasteiger partial charge in [-0.3, -0.25) is 5.10 Å².